The number of ether oxygens (including phenoxy) is 1. The van der Waals surface area contributed by atoms with Gasteiger partial charge in [0.2, 0.25) is 5.91 Å². The number of carbonyl (C=O) groups is 1. The Bertz CT molecular complexity index is 1440. The van der Waals surface area contributed by atoms with Crippen molar-refractivity contribution in [2.75, 3.05) is 18.4 Å². The molecule has 5 nitrogen and oxygen atoms in total. The largest absolute Gasteiger partial charge is 0.435 e. The zero-order chi connectivity index (χ0) is 30.2. The molecule has 1 N–H and O–H groups in total. The van der Waals surface area contributed by atoms with Gasteiger partial charge in [-0.3, -0.25) is 9.80 Å². The molecule has 218 valence electrons. The van der Waals surface area contributed by atoms with E-state index >= 15 is 0 Å². The van der Waals surface area contributed by atoms with Crippen LogP contribution in [0.15, 0.2) is 71.8 Å². The lowest BCUT2D eigenvalue weighted by Gasteiger charge is -2.28. The van der Waals surface area contributed by atoms with Gasteiger partial charge < -0.3 is 10.1 Å². The van der Waals surface area contributed by atoms with E-state index in [1.54, 1.807) is 6.92 Å². The molecule has 4 rings (SSSR count). The van der Waals surface area contributed by atoms with Crippen molar-refractivity contribution in [1.82, 2.24) is 5.01 Å². The molecule has 1 heterocycles. The van der Waals surface area contributed by atoms with Crippen LogP contribution in [-0.4, -0.2) is 36.3 Å². The normalized spacial score (nSPS) is 17.5. The molecule has 0 radical (unpaired) electrons. The molecule has 0 bridgehead atoms. The summed E-state index contributed by atoms with van der Waals surface area (Å²) in [6, 6.07) is 12.5. The van der Waals surface area contributed by atoms with Crippen molar-refractivity contribution < 1.29 is 44.7 Å². The predicted octanol–water partition coefficient (Wildman–Crippen LogP) is 7.60. The molecule has 0 fully saturated rings. The highest BCUT2D eigenvalue weighted by atomic mass is 35.5. The molecule has 0 saturated heterocycles. The Morgan fingerprint density at radius 1 is 1.00 bits per heavy atom. The minimum atomic E-state index is -4.70. The second-order valence-corrected chi connectivity index (χ2v) is 9.73. The van der Waals surface area contributed by atoms with Crippen LogP contribution in [0.3, 0.4) is 0 Å². The molecule has 14 heteroatoms. The molecule has 1 aliphatic heterocycles. The topological polar surface area (TPSA) is 53.9 Å². The number of hydrogen-bond acceptors (Lipinski definition) is 4. The molecule has 1 unspecified atom stereocenters. The van der Waals surface area contributed by atoms with Crippen LogP contribution in [0.2, 0.25) is 5.02 Å². The van der Waals surface area contributed by atoms with Crippen LogP contribution in [-0.2, 0) is 22.6 Å². The molecule has 0 spiro atoms. The lowest BCUT2D eigenvalue weighted by molar-refractivity contribution is -0.138. The van der Waals surface area contributed by atoms with E-state index in [1.165, 1.54) is 35.3 Å². The molecule has 1 aliphatic rings. The number of rotatable bonds is 7. The Hall–Kier alpha value is -3.87. The van der Waals surface area contributed by atoms with Gasteiger partial charge in [0, 0.05) is 11.3 Å². The Balaban J connectivity index is 1.62. The highest BCUT2D eigenvalue weighted by molar-refractivity contribution is 6.32. The smallest absolute Gasteiger partial charge is 0.417 e. The van der Waals surface area contributed by atoms with Crippen LogP contribution in [0.25, 0.3) is 0 Å². The van der Waals surface area contributed by atoms with Gasteiger partial charge >= 0.3 is 19.0 Å². The monoisotopic (exact) mass is 605 g/mol. The standard InChI is InChI=1S/C27H20ClF8N3O2/c1-25(16-5-9-19(10-6-16)41-24(29)30)14-39(13-22(40)37-18-7-3-17(4-8-18)26(31,32)33)38-23(25)15-2-11-20(21(28)12-15)27(34,35)36/h2-12,24H,13-14H2,1H3,(H,37,40). The number of alkyl halides is 8. The van der Waals surface area contributed by atoms with Gasteiger partial charge in [0.1, 0.15) is 12.3 Å². The highest BCUT2D eigenvalue weighted by Crippen LogP contribution is 2.39. The second-order valence-electron chi connectivity index (χ2n) is 9.32. The quantitative estimate of drug-likeness (QED) is 0.282. The maximum atomic E-state index is 13.3. The Labute approximate surface area is 233 Å². The number of amides is 1. The molecule has 1 atom stereocenters. The summed E-state index contributed by atoms with van der Waals surface area (Å²) in [6.07, 6.45) is -9.24. The highest BCUT2D eigenvalue weighted by Gasteiger charge is 2.42. The van der Waals surface area contributed by atoms with E-state index in [0.29, 0.717) is 5.56 Å². The zero-order valence-electron chi connectivity index (χ0n) is 21.0. The number of hydrazone groups is 1. The van der Waals surface area contributed by atoms with Crippen molar-refractivity contribution in [3.05, 3.63) is 94.0 Å². The van der Waals surface area contributed by atoms with Crippen molar-refractivity contribution in [3.8, 4) is 5.75 Å². The van der Waals surface area contributed by atoms with Crippen LogP contribution < -0.4 is 10.1 Å². The number of halogens is 9. The molecule has 3 aromatic carbocycles. The van der Waals surface area contributed by atoms with Gasteiger partial charge in [-0.15, -0.1) is 0 Å². The third-order valence-electron chi connectivity index (χ3n) is 6.35. The molecular formula is C27H20ClF8N3O2. The fraction of sp³-hybridized carbons (Fsp3) is 0.259. The van der Waals surface area contributed by atoms with Crippen LogP contribution in [0.4, 0.5) is 40.8 Å². The zero-order valence-corrected chi connectivity index (χ0v) is 21.7. The fourth-order valence-electron chi connectivity index (χ4n) is 4.43. The third kappa shape index (κ3) is 6.89. The number of nitrogens with one attached hydrogen (secondary N) is 1. The summed E-state index contributed by atoms with van der Waals surface area (Å²) in [6.45, 7) is -1.67. The molecule has 41 heavy (non-hydrogen) atoms. The molecule has 1 amide bonds. The van der Waals surface area contributed by atoms with Crippen molar-refractivity contribution >= 4 is 28.9 Å². The van der Waals surface area contributed by atoms with Gasteiger partial charge in [-0.1, -0.05) is 29.8 Å². The summed E-state index contributed by atoms with van der Waals surface area (Å²) in [7, 11) is 0. The summed E-state index contributed by atoms with van der Waals surface area (Å²) in [4.78, 5) is 12.7. The minimum absolute atomic E-state index is 0.0382. The SMILES string of the molecule is CC1(c2ccc(OC(F)F)cc2)CN(CC(=O)Nc2ccc(C(F)(F)F)cc2)N=C1c1ccc(C(F)(F)F)c(Cl)c1. The van der Waals surface area contributed by atoms with E-state index in [-0.39, 0.29) is 35.8 Å². The summed E-state index contributed by atoms with van der Waals surface area (Å²) in [5.74, 6) is -0.738. The number of anilines is 1. The van der Waals surface area contributed by atoms with Gasteiger partial charge in [-0.05, 0) is 61.0 Å². The van der Waals surface area contributed by atoms with Crippen molar-refractivity contribution in [2.45, 2.75) is 31.3 Å². The first-order valence-corrected chi connectivity index (χ1v) is 12.2. The van der Waals surface area contributed by atoms with Gasteiger partial charge in [0.05, 0.1) is 33.8 Å². The number of carbonyl (C=O) groups excluding carboxylic acids is 1. The number of benzene rings is 3. The molecule has 0 aliphatic carbocycles. The number of nitrogens with zero attached hydrogens (tertiary/aromatic N) is 2. The lowest BCUT2D eigenvalue weighted by Crippen LogP contribution is -2.38. The predicted molar refractivity (Wildman–Crippen MR) is 135 cm³/mol. The second kappa shape index (κ2) is 11.2. The molecular weight excluding hydrogens is 586 g/mol. The first-order valence-electron chi connectivity index (χ1n) is 11.8. The molecule has 0 saturated carbocycles. The first kappa shape index (κ1) is 30.1. The Kier molecular flexibility index (Phi) is 8.21. The van der Waals surface area contributed by atoms with Crippen molar-refractivity contribution in [3.63, 3.8) is 0 Å². The van der Waals surface area contributed by atoms with Crippen molar-refractivity contribution in [2.24, 2.45) is 5.10 Å². The van der Waals surface area contributed by atoms with Gasteiger partial charge in [0.25, 0.3) is 0 Å². The summed E-state index contributed by atoms with van der Waals surface area (Å²) in [5.41, 5.74) is -1.88. The average Bonchev–Trinajstić information content (AvgIpc) is 3.19. The van der Waals surface area contributed by atoms with E-state index in [9.17, 15) is 39.9 Å². The van der Waals surface area contributed by atoms with Crippen molar-refractivity contribution in [1.29, 1.82) is 0 Å². The van der Waals surface area contributed by atoms with Crippen LogP contribution in [0.5, 0.6) is 5.75 Å². The number of hydrogen-bond donors (Lipinski definition) is 1. The fourth-order valence-corrected chi connectivity index (χ4v) is 4.72. The third-order valence-corrected chi connectivity index (χ3v) is 6.66. The van der Waals surface area contributed by atoms with Crippen LogP contribution in [0.1, 0.15) is 29.2 Å². The van der Waals surface area contributed by atoms with Gasteiger partial charge in [0.15, 0.2) is 0 Å². The summed E-state index contributed by atoms with van der Waals surface area (Å²) >= 11 is 5.94. The maximum absolute atomic E-state index is 13.3. The van der Waals surface area contributed by atoms with E-state index in [2.05, 4.69) is 15.2 Å². The average molecular weight is 606 g/mol. The first-order chi connectivity index (χ1) is 19.1. The summed E-state index contributed by atoms with van der Waals surface area (Å²) in [5, 5.41) is 7.71. The Morgan fingerprint density at radius 3 is 2.17 bits per heavy atom. The lowest BCUT2D eigenvalue weighted by atomic mass is 9.76. The van der Waals surface area contributed by atoms with Gasteiger partial charge in [-0.25, -0.2) is 0 Å². The maximum Gasteiger partial charge on any atom is 0.417 e. The van der Waals surface area contributed by atoms with E-state index in [4.69, 9.17) is 11.6 Å². The van der Waals surface area contributed by atoms with Crippen LogP contribution in [0, 0.1) is 0 Å². The molecule has 3 aromatic rings. The summed E-state index contributed by atoms with van der Waals surface area (Å²) < 4.78 is 108. The van der Waals surface area contributed by atoms with Crippen LogP contribution >= 0.6 is 11.6 Å². The Morgan fingerprint density at radius 2 is 1.63 bits per heavy atom. The molecule has 0 aromatic heterocycles. The minimum Gasteiger partial charge on any atom is -0.435 e. The van der Waals surface area contributed by atoms with E-state index in [0.717, 1.165) is 36.4 Å². The van der Waals surface area contributed by atoms with Gasteiger partial charge in [-0.2, -0.15) is 40.2 Å². The van der Waals surface area contributed by atoms with E-state index in [1.807, 2.05) is 0 Å². The van der Waals surface area contributed by atoms with E-state index < -0.39 is 46.4 Å².